The van der Waals surface area contributed by atoms with Crippen LogP contribution in [0, 0.1) is 0 Å². The zero-order valence-corrected chi connectivity index (χ0v) is 27.0. The molecule has 39 heavy (non-hydrogen) atoms. The molecule has 2 atom stereocenters. The number of unbranched alkanes of at least 4 members (excludes halogenated alkanes) is 16. The molecule has 2 unspecified atom stereocenters. The number of carbonyl (C=O) groups is 1. The molecule has 0 aromatic heterocycles. The molecule has 0 saturated heterocycles. The standard InChI is InChI=1S/C31H64NO6P/c1-5-9-10-11-12-13-14-15-16-17-18-19-20-21-22-23-24-26-36-28-30(38-31(33)6-2)29-37-39(34,35)27-25-32(7-3)8-4/h30H,5-29H2,1-4H3,(H,34,35). The average Bonchev–Trinajstić information content (AvgIpc) is 2.93. The first kappa shape index (κ1) is 38.5. The molecule has 0 aliphatic heterocycles. The molecule has 0 aliphatic carbocycles. The zero-order chi connectivity index (χ0) is 29.0. The topological polar surface area (TPSA) is 85.3 Å². The summed E-state index contributed by atoms with van der Waals surface area (Å²) in [6.45, 7) is 10.8. The molecule has 0 heterocycles. The van der Waals surface area contributed by atoms with Gasteiger partial charge in [0.05, 0.1) is 19.4 Å². The normalized spacial score (nSPS) is 14.0. The Hall–Kier alpha value is -0.460. The molecule has 0 saturated carbocycles. The fourth-order valence-corrected chi connectivity index (χ4v) is 5.66. The minimum Gasteiger partial charge on any atom is -0.457 e. The molecule has 0 aromatic rings. The molecule has 1 N–H and O–H groups in total. The van der Waals surface area contributed by atoms with Gasteiger partial charge < -0.3 is 23.8 Å². The summed E-state index contributed by atoms with van der Waals surface area (Å²) >= 11 is 0. The third-order valence-electron chi connectivity index (χ3n) is 7.34. The van der Waals surface area contributed by atoms with E-state index in [0.29, 0.717) is 13.2 Å². The summed E-state index contributed by atoms with van der Waals surface area (Å²) in [5.41, 5.74) is 0. The molecule has 7 nitrogen and oxygen atoms in total. The second-order valence-corrected chi connectivity index (χ2v) is 12.9. The fraction of sp³-hybridized carbons (Fsp3) is 0.968. The van der Waals surface area contributed by atoms with Crippen LogP contribution in [-0.4, -0.2) is 67.5 Å². The summed E-state index contributed by atoms with van der Waals surface area (Å²) in [5.74, 6) is -0.360. The molecular formula is C31H64NO6P. The number of hydrogen-bond donors (Lipinski definition) is 1. The Labute approximate surface area is 241 Å². The van der Waals surface area contributed by atoms with Crippen molar-refractivity contribution in [3.05, 3.63) is 0 Å². The van der Waals surface area contributed by atoms with Crippen molar-refractivity contribution in [2.45, 2.75) is 149 Å². The second-order valence-electron chi connectivity index (χ2n) is 10.9. The Morgan fingerprint density at radius 2 is 1.18 bits per heavy atom. The lowest BCUT2D eigenvalue weighted by Crippen LogP contribution is -2.29. The van der Waals surface area contributed by atoms with Crippen molar-refractivity contribution in [2.75, 3.05) is 45.6 Å². The Kier molecular flexibility index (Phi) is 27.4. The van der Waals surface area contributed by atoms with Crippen LogP contribution in [0.3, 0.4) is 0 Å². The smallest absolute Gasteiger partial charge is 0.329 e. The van der Waals surface area contributed by atoms with E-state index in [2.05, 4.69) is 11.8 Å². The van der Waals surface area contributed by atoms with Crippen LogP contribution in [0.25, 0.3) is 0 Å². The Balaban J connectivity index is 3.79. The van der Waals surface area contributed by atoms with Gasteiger partial charge in [-0.2, -0.15) is 0 Å². The molecule has 0 fully saturated rings. The van der Waals surface area contributed by atoms with Crippen LogP contribution in [0.2, 0.25) is 0 Å². The summed E-state index contributed by atoms with van der Waals surface area (Å²) < 4.78 is 28.8. The van der Waals surface area contributed by atoms with Gasteiger partial charge in [0, 0.05) is 19.6 Å². The highest BCUT2D eigenvalue weighted by molar-refractivity contribution is 7.52. The monoisotopic (exact) mass is 577 g/mol. The van der Waals surface area contributed by atoms with Crippen LogP contribution in [0.5, 0.6) is 0 Å². The zero-order valence-electron chi connectivity index (χ0n) is 26.1. The average molecular weight is 578 g/mol. The molecule has 8 heteroatoms. The van der Waals surface area contributed by atoms with Crippen molar-refractivity contribution in [3.8, 4) is 0 Å². The first-order valence-corrected chi connectivity index (χ1v) is 18.1. The van der Waals surface area contributed by atoms with Gasteiger partial charge >= 0.3 is 13.6 Å². The van der Waals surface area contributed by atoms with E-state index in [9.17, 15) is 14.3 Å². The summed E-state index contributed by atoms with van der Waals surface area (Å²) in [5, 5.41) is 0. The number of rotatable bonds is 30. The van der Waals surface area contributed by atoms with Crippen molar-refractivity contribution in [3.63, 3.8) is 0 Å². The van der Waals surface area contributed by atoms with E-state index in [4.69, 9.17) is 14.0 Å². The lowest BCUT2D eigenvalue weighted by molar-refractivity contribution is -0.153. The van der Waals surface area contributed by atoms with Crippen molar-refractivity contribution >= 4 is 13.6 Å². The quantitative estimate of drug-likeness (QED) is 0.0520. The summed E-state index contributed by atoms with van der Waals surface area (Å²) in [6.07, 6.45) is 22.3. The maximum atomic E-state index is 12.4. The molecule has 0 amide bonds. The maximum Gasteiger partial charge on any atom is 0.329 e. The lowest BCUT2D eigenvalue weighted by atomic mass is 10.0. The van der Waals surface area contributed by atoms with Crippen LogP contribution in [-0.2, 0) is 23.4 Å². The van der Waals surface area contributed by atoms with Crippen LogP contribution in [0.15, 0.2) is 0 Å². The van der Waals surface area contributed by atoms with Crippen molar-refractivity contribution in [2.24, 2.45) is 0 Å². The minimum atomic E-state index is -3.75. The van der Waals surface area contributed by atoms with Gasteiger partial charge in [0.2, 0.25) is 0 Å². The van der Waals surface area contributed by atoms with Gasteiger partial charge in [-0.15, -0.1) is 0 Å². The lowest BCUT2D eigenvalue weighted by Gasteiger charge is -2.22. The third-order valence-corrected chi connectivity index (χ3v) is 8.66. The Morgan fingerprint density at radius 1 is 0.718 bits per heavy atom. The van der Waals surface area contributed by atoms with Crippen LogP contribution >= 0.6 is 7.60 Å². The van der Waals surface area contributed by atoms with E-state index in [-0.39, 0.29) is 31.8 Å². The molecule has 0 bridgehead atoms. The fourth-order valence-electron chi connectivity index (χ4n) is 4.60. The van der Waals surface area contributed by atoms with Gasteiger partial charge in [0.25, 0.3) is 0 Å². The van der Waals surface area contributed by atoms with Gasteiger partial charge in [0.1, 0.15) is 6.10 Å². The predicted molar refractivity (Wildman–Crippen MR) is 164 cm³/mol. The second kappa shape index (κ2) is 27.7. The molecule has 0 spiro atoms. The molecule has 0 aromatic carbocycles. The van der Waals surface area contributed by atoms with E-state index in [1.807, 2.05) is 13.8 Å². The predicted octanol–water partition coefficient (Wildman–Crippen LogP) is 8.52. The van der Waals surface area contributed by atoms with Gasteiger partial charge in [-0.1, -0.05) is 130 Å². The van der Waals surface area contributed by atoms with Crippen LogP contribution in [0.4, 0.5) is 0 Å². The largest absolute Gasteiger partial charge is 0.457 e. The SMILES string of the molecule is CCCCCCCCCCCCCCCCCCCOCC(COP(=O)(O)CCN(CC)CC)OC(=O)CC. The summed E-state index contributed by atoms with van der Waals surface area (Å²) in [7, 11) is -3.75. The first-order chi connectivity index (χ1) is 18.9. The Morgan fingerprint density at radius 3 is 1.62 bits per heavy atom. The molecule has 0 rings (SSSR count). The third kappa shape index (κ3) is 26.2. The Bertz CT molecular complexity index is 587. The molecule has 234 valence electrons. The highest BCUT2D eigenvalue weighted by atomic mass is 31.2. The molecule has 0 radical (unpaired) electrons. The molecular weight excluding hydrogens is 513 g/mol. The van der Waals surface area contributed by atoms with E-state index in [1.165, 1.54) is 96.3 Å². The first-order valence-electron chi connectivity index (χ1n) is 16.3. The van der Waals surface area contributed by atoms with Crippen molar-refractivity contribution in [1.29, 1.82) is 0 Å². The van der Waals surface area contributed by atoms with Crippen molar-refractivity contribution in [1.82, 2.24) is 4.90 Å². The van der Waals surface area contributed by atoms with Gasteiger partial charge in [-0.25, -0.2) is 0 Å². The summed E-state index contributed by atoms with van der Waals surface area (Å²) in [4.78, 5) is 24.0. The number of ether oxygens (including phenoxy) is 2. The number of hydrogen-bond acceptors (Lipinski definition) is 6. The van der Waals surface area contributed by atoms with E-state index < -0.39 is 13.7 Å². The highest BCUT2D eigenvalue weighted by Gasteiger charge is 2.24. The van der Waals surface area contributed by atoms with Gasteiger partial charge in [-0.05, 0) is 19.5 Å². The minimum absolute atomic E-state index is 0.0588. The summed E-state index contributed by atoms with van der Waals surface area (Å²) in [6, 6.07) is 0. The van der Waals surface area contributed by atoms with Crippen molar-refractivity contribution < 1.29 is 28.3 Å². The van der Waals surface area contributed by atoms with E-state index in [1.54, 1.807) is 6.92 Å². The van der Waals surface area contributed by atoms with Gasteiger partial charge in [-0.3, -0.25) is 9.36 Å². The van der Waals surface area contributed by atoms with Crippen LogP contribution < -0.4 is 0 Å². The number of esters is 1. The van der Waals surface area contributed by atoms with E-state index in [0.717, 1.165) is 25.9 Å². The molecule has 0 aliphatic rings. The van der Waals surface area contributed by atoms with Gasteiger partial charge in [0.15, 0.2) is 0 Å². The van der Waals surface area contributed by atoms with E-state index >= 15 is 0 Å². The maximum absolute atomic E-state index is 12.4. The number of nitrogens with zero attached hydrogens (tertiary/aromatic N) is 1. The highest BCUT2D eigenvalue weighted by Crippen LogP contribution is 2.41. The number of carbonyl (C=O) groups excluding carboxylic acids is 1. The van der Waals surface area contributed by atoms with Crippen LogP contribution in [0.1, 0.15) is 143 Å².